The summed E-state index contributed by atoms with van der Waals surface area (Å²) in [6, 6.07) is 10.1. The fourth-order valence-electron chi connectivity index (χ4n) is 2.22. The summed E-state index contributed by atoms with van der Waals surface area (Å²) in [5.41, 5.74) is 2.72. The minimum Gasteiger partial charge on any atom is -0.496 e. The number of hydrogen-bond acceptors (Lipinski definition) is 2. The molecule has 2 nitrogen and oxygen atoms in total. The van der Waals surface area contributed by atoms with Crippen molar-refractivity contribution >= 4 is 11.6 Å². The maximum atomic E-state index is 13.5. The molecule has 1 N–H and O–H groups in total. The van der Waals surface area contributed by atoms with Crippen molar-refractivity contribution < 1.29 is 9.13 Å². The first-order valence-electron chi connectivity index (χ1n) is 6.33. The Labute approximate surface area is 123 Å². The van der Waals surface area contributed by atoms with Crippen LogP contribution in [0.5, 0.6) is 5.75 Å². The lowest BCUT2D eigenvalue weighted by molar-refractivity contribution is 0.404. The predicted molar refractivity (Wildman–Crippen MR) is 80.0 cm³/mol. The summed E-state index contributed by atoms with van der Waals surface area (Å²) in [5.74, 6) is 0.349. The van der Waals surface area contributed by atoms with Crippen molar-refractivity contribution in [2.45, 2.75) is 13.0 Å². The van der Waals surface area contributed by atoms with Crippen molar-refractivity contribution in [1.29, 1.82) is 0 Å². The van der Waals surface area contributed by atoms with Crippen molar-refractivity contribution in [2.24, 2.45) is 0 Å². The van der Waals surface area contributed by atoms with Crippen molar-refractivity contribution in [2.75, 3.05) is 14.2 Å². The van der Waals surface area contributed by atoms with E-state index < -0.39 is 0 Å². The zero-order valence-electron chi connectivity index (χ0n) is 11.7. The fraction of sp³-hybridized carbons (Fsp3) is 0.250. The van der Waals surface area contributed by atoms with Crippen LogP contribution in [-0.4, -0.2) is 14.2 Å². The molecule has 20 heavy (non-hydrogen) atoms. The third kappa shape index (κ3) is 2.94. The van der Waals surface area contributed by atoms with E-state index in [-0.39, 0.29) is 11.9 Å². The summed E-state index contributed by atoms with van der Waals surface area (Å²) in [4.78, 5) is 0. The summed E-state index contributed by atoms with van der Waals surface area (Å²) in [6.45, 7) is 1.95. The smallest absolute Gasteiger partial charge is 0.124 e. The highest BCUT2D eigenvalue weighted by Gasteiger charge is 2.18. The van der Waals surface area contributed by atoms with Crippen LogP contribution in [0.2, 0.25) is 5.02 Å². The molecule has 0 spiro atoms. The molecular formula is C16H17ClFNO. The third-order valence-corrected chi connectivity index (χ3v) is 3.73. The Bertz CT molecular complexity index is 615. The molecule has 0 amide bonds. The first-order valence-corrected chi connectivity index (χ1v) is 6.71. The van der Waals surface area contributed by atoms with Crippen LogP contribution in [0.4, 0.5) is 4.39 Å². The Kier molecular flexibility index (Phi) is 4.63. The van der Waals surface area contributed by atoms with E-state index in [1.54, 1.807) is 13.2 Å². The lowest BCUT2D eigenvalue weighted by Crippen LogP contribution is -2.18. The van der Waals surface area contributed by atoms with Gasteiger partial charge in [-0.3, -0.25) is 0 Å². The van der Waals surface area contributed by atoms with Crippen LogP contribution in [0.1, 0.15) is 22.7 Å². The molecule has 0 aliphatic heterocycles. The van der Waals surface area contributed by atoms with E-state index >= 15 is 0 Å². The number of hydrogen-bond donors (Lipinski definition) is 1. The van der Waals surface area contributed by atoms with E-state index in [0.717, 1.165) is 16.7 Å². The largest absolute Gasteiger partial charge is 0.496 e. The maximum absolute atomic E-state index is 13.5. The molecule has 1 atom stereocenters. The molecule has 0 radical (unpaired) electrons. The average Bonchev–Trinajstić information content (AvgIpc) is 2.44. The molecule has 0 saturated heterocycles. The summed E-state index contributed by atoms with van der Waals surface area (Å²) in [7, 11) is 3.40. The summed E-state index contributed by atoms with van der Waals surface area (Å²) >= 11 is 6.17. The van der Waals surface area contributed by atoms with Gasteiger partial charge in [-0.2, -0.15) is 0 Å². The Balaban J connectivity index is 2.51. The minimum absolute atomic E-state index is 0.182. The van der Waals surface area contributed by atoms with Crippen LogP contribution in [0.25, 0.3) is 0 Å². The monoisotopic (exact) mass is 293 g/mol. The van der Waals surface area contributed by atoms with E-state index in [0.29, 0.717) is 10.8 Å². The second kappa shape index (κ2) is 6.25. The number of aryl methyl sites for hydroxylation is 1. The second-order valence-electron chi connectivity index (χ2n) is 4.62. The SMILES string of the molecule is CNC(c1ccc(C)c(Cl)c1)c1cc(F)ccc1OC. The first kappa shape index (κ1) is 14.8. The zero-order chi connectivity index (χ0) is 14.7. The third-order valence-electron chi connectivity index (χ3n) is 3.32. The molecule has 2 aromatic rings. The van der Waals surface area contributed by atoms with Gasteiger partial charge >= 0.3 is 0 Å². The van der Waals surface area contributed by atoms with E-state index in [1.807, 2.05) is 32.2 Å². The molecule has 0 aliphatic carbocycles. The Morgan fingerprint density at radius 3 is 2.55 bits per heavy atom. The highest BCUT2D eigenvalue weighted by Crippen LogP contribution is 2.32. The van der Waals surface area contributed by atoms with E-state index in [2.05, 4.69) is 5.32 Å². The number of halogens is 2. The predicted octanol–water partition coefficient (Wildman–Crippen LogP) is 4.10. The highest BCUT2D eigenvalue weighted by atomic mass is 35.5. The Hall–Kier alpha value is -1.58. The molecular weight excluding hydrogens is 277 g/mol. The summed E-state index contributed by atoms with van der Waals surface area (Å²) in [5, 5.41) is 3.87. The van der Waals surface area contributed by atoms with Crippen LogP contribution in [0.15, 0.2) is 36.4 Å². The first-order chi connectivity index (χ1) is 9.56. The fourth-order valence-corrected chi connectivity index (χ4v) is 2.41. The van der Waals surface area contributed by atoms with Gasteiger partial charge in [0, 0.05) is 10.6 Å². The molecule has 0 aromatic heterocycles. The van der Waals surface area contributed by atoms with Gasteiger partial charge in [0.15, 0.2) is 0 Å². The average molecular weight is 294 g/mol. The lowest BCUT2D eigenvalue weighted by Gasteiger charge is -2.20. The van der Waals surface area contributed by atoms with Crippen LogP contribution in [-0.2, 0) is 0 Å². The van der Waals surface area contributed by atoms with Crippen molar-refractivity contribution in [3.63, 3.8) is 0 Å². The van der Waals surface area contributed by atoms with Gasteiger partial charge < -0.3 is 10.1 Å². The van der Waals surface area contributed by atoms with E-state index in [4.69, 9.17) is 16.3 Å². The van der Waals surface area contributed by atoms with Crippen molar-refractivity contribution in [3.8, 4) is 5.75 Å². The van der Waals surface area contributed by atoms with Crippen LogP contribution < -0.4 is 10.1 Å². The molecule has 2 aromatic carbocycles. The van der Waals surface area contributed by atoms with Crippen LogP contribution in [0.3, 0.4) is 0 Å². The standard InChI is InChI=1S/C16H17ClFNO/c1-10-4-5-11(8-14(10)17)16(19-2)13-9-12(18)6-7-15(13)20-3/h4-9,16,19H,1-3H3. The van der Waals surface area contributed by atoms with Gasteiger partial charge in [0.2, 0.25) is 0 Å². The van der Waals surface area contributed by atoms with Gasteiger partial charge in [-0.25, -0.2) is 4.39 Å². The van der Waals surface area contributed by atoms with Gasteiger partial charge in [-0.15, -0.1) is 0 Å². The van der Waals surface area contributed by atoms with Crippen molar-refractivity contribution in [3.05, 3.63) is 63.9 Å². The van der Waals surface area contributed by atoms with Crippen LogP contribution >= 0.6 is 11.6 Å². The topological polar surface area (TPSA) is 21.3 Å². The molecule has 4 heteroatoms. The minimum atomic E-state index is -0.292. The maximum Gasteiger partial charge on any atom is 0.124 e. The van der Waals surface area contributed by atoms with Gasteiger partial charge in [-0.05, 0) is 49.4 Å². The lowest BCUT2D eigenvalue weighted by atomic mass is 9.97. The van der Waals surface area contributed by atoms with Crippen LogP contribution in [0, 0.1) is 12.7 Å². The molecule has 0 fully saturated rings. The normalized spacial score (nSPS) is 12.2. The number of rotatable bonds is 4. The summed E-state index contributed by atoms with van der Waals surface area (Å²) < 4.78 is 18.8. The summed E-state index contributed by atoms with van der Waals surface area (Å²) in [6.07, 6.45) is 0. The molecule has 0 heterocycles. The van der Waals surface area contributed by atoms with Gasteiger partial charge in [0.05, 0.1) is 13.2 Å². The van der Waals surface area contributed by atoms with Gasteiger partial charge in [0.1, 0.15) is 11.6 Å². The number of nitrogens with one attached hydrogen (secondary N) is 1. The van der Waals surface area contributed by atoms with Crippen molar-refractivity contribution in [1.82, 2.24) is 5.32 Å². The van der Waals surface area contributed by atoms with Gasteiger partial charge in [0.25, 0.3) is 0 Å². The number of benzene rings is 2. The molecule has 0 bridgehead atoms. The molecule has 0 saturated carbocycles. The number of methoxy groups -OCH3 is 1. The van der Waals surface area contributed by atoms with E-state index in [1.165, 1.54) is 12.1 Å². The second-order valence-corrected chi connectivity index (χ2v) is 5.02. The quantitative estimate of drug-likeness (QED) is 0.916. The molecule has 1 unspecified atom stereocenters. The Morgan fingerprint density at radius 1 is 1.20 bits per heavy atom. The molecule has 2 rings (SSSR count). The zero-order valence-corrected chi connectivity index (χ0v) is 12.5. The molecule has 0 aliphatic rings. The van der Waals surface area contributed by atoms with E-state index in [9.17, 15) is 4.39 Å². The van der Waals surface area contributed by atoms with Gasteiger partial charge in [-0.1, -0.05) is 23.7 Å². The Morgan fingerprint density at radius 2 is 1.95 bits per heavy atom. The molecule has 106 valence electrons. The number of ether oxygens (including phenoxy) is 1. The highest BCUT2D eigenvalue weighted by molar-refractivity contribution is 6.31.